The van der Waals surface area contributed by atoms with Crippen LogP contribution in [-0.4, -0.2) is 11.5 Å². The largest absolute Gasteiger partial charge is 0.573 e. The third-order valence-electron chi connectivity index (χ3n) is 2.59. The number of aliphatic hydroxyl groups excluding tert-OH is 1. The lowest BCUT2D eigenvalue weighted by atomic mass is 10.0. The summed E-state index contributed by atoms with van der Waals surface area (Å²) in [6.45, 7) is 0. The second-order valence-corrected chi connectivity index (χ2v) is 4.78. The summed E-state index contributed by atoms with van der Waals surface area (Å²) in [5, 5.41) is 10.00. The Morgan fingerprint density at radius 3 is 2.35 bits per heavy atom. The molecule has 20 heavy (non-hydrogen) atoms. The molecule has 1 aromatic carbocycles. The number of alkyl halides is 3. The number of benzene rings is 1. The average Bonchev–Trinajstić information content (AvgIpc) is 2.76. The molecule has 3 nitrogen and oxygen atoms in total. The third kappa shape index (κ3) is 4.01. The van der Waals surface area contributed by atoms with Gasteiger partial charge in [0.15, 0.2) is 4.67 Å². The maximum Gasteiger partial charge on any atom is 0.573 e. The zero-order valence-corrected chi connectivity index (χ0v) is 11.6. The topological polar surface area (TPSA) is 42.6 Å². The second kappa shape index (κ2) is 5.88. The van der Waals surface area contributed by atoms with Gasteiger partial charge in [0.05, 0.1) is 12.4 Å². The Labute approximate surface area is 121 Å². The number of furan rings is 1. The van der Waals surface area contributed by atoms with Gasteiger partial charge in [-0.3, -0.25) is 0 Å². The maximum absolute atomic E-state index is 12.0. The lowest BCUT2D eigenvalue weighted by molar-refractivity contribution is -0.274. The molecule has 0 saturated carbocycles. The second-order valence-electron chi connectivity index (χ2n) is 4.06. The van der Waals surface area contributed by atoms with E-state index in [1.807, 2.05) is 0 Å². The van der Waals surface area contributed by atoms with Crippen LogP contribution in [0.15, 0.2) is 45.7 Å². The van der Waals surface area contributed by atoms with E-state index < -0.39 is 12.5 Å². The van der Waals surface area contributed by atoms with Crippen molar-refractivity contribution in [3.05, 3.63) is 52.4 Å². The molecule has 0 aliphatic heterocycles. The van der Waals surface area contributed by atoms with E-state index in [0.717, 1.165) is 0 Å². The minimum atomic E-state index is -4.71. The fourth-order valence-electron chi connectivity index (χ4n) is 1.70. The number of hydrogen-bond donors (Lipinski definition) is 1. The van der Waals surface area contributed by atoms with E-state index in [1.54, 1.807) is 6.07 Å². The maximum atomic E-state index is 12.0. The van der Waals surface area contributed by atoms with Crippen LogP contribution in [0.25, 0.3) is 0 Å². The van der Waals surface area contributed by atoms with Crippen molar-refractivity contribution in [2.75, 3.05) is 0 Å². The monoisotopic (exact) mass is 350 g/mol. The van der Waals surface area contributed by atoms with E-state index in [9.17, 15) is 18.3 Å². The summed E-state index contributed by atoms with van der Waals surface area (Å²) in [6.07, 6.45) is -3.83. The van der Waals surface area contributed by atoms with Gasteiger partial charge in [0.2, 0.25) is 0 Å². The summed E-state index contributed by atoms with van der Waals surface area (Å²) < 4.78 is 45.2. The number of ether oxygens (including phenoxy) is 1. The minimum absolute atomic E-state index is 0.254. The van der Waals surface area contributed by atoms with Crippen molar-refractivity contribution in [2.24, 2.45) is 0 Å². The summed E-state index contributed by atoms with van der Waals surface area (Å²) in [7, 11) is 0. The van der Waals surface area contributed by atoms with Gasteiger partial charge in [-0.15, -0.1) is 13.2 Å². The molecule has 0 bridgehead atoms. The molecule has 7 heteroatoms. The van der Waals surface area contributed by atoms with E-state index >= 15 is 0 Å². The van der Waals surface area contributed by atoms with Crippen molar-refractivity contribution < 1.29 is 27.4 Å². The normalized spacial score (nSPS) is 13.2. The Morgan fingerprint density at radius 2 is 1.85 bits per heavy atom. The lowest BCUT2D eigenvalue weighted by Crippen LogP contribution is -2.17. The predicted octanol–water partition coefficient (Wildman–Crippen LogP) is 4.22. The van der Waals surface area contributed by atoms with Crippen LogP contribution in [-0.2, 0) is 6.42 Å². The highest BCUT2D eigenvalue weighted by atomic mass is 79.9. The van der Waals surface area contributed by atoms with Gasteiger partial charge >= 0.3 is 6.36 Å². The Kier molecular flexibility index (Phi) is 4.39. The molecule has 2 aromatic rings. The third-order valence-corrected chi connectivity index (χ3v) is 3.24. The fraction of sp³-hybridized carbons (Fsp3) is 0.231. The smallest absolute Gasteiger partial charge is 0.457 e. The Hall–Kier alpha value is -1.47. The van der Waals surface area contributed by atoms with Crippen LogP contribution in [0.2, 0.25) is 0 Å². The van der Waals surface area contributed by atoms with Crippen LogP contribution in [0, 0.1) is 0 Å². The molecule has 1 atom stereocenters. The van der Waals surface area contributed by atoms with Crippen LogP contribution in [0.5, 0.6) is 5.75 Å². The summed E-state index contributed by atoms with van der Waals surface area (Å²) >= 11 is 3.15. The van der Waals surface area contributed by atoms with Gasteiger partial charge < -0.3 is 14.3 Å². The first-order valence-corrected chi connectivity index (χ1v) is 6.40. The van der Waals surface area contributed by atoms with E-state index in [4.69, 9.17) is 4.42 Å². The first-order chi connectivity index (χ1) is 9.35. The Balaban J connectivity index is 2.02. The highest BCUT2D eigenvalue weighted by molar-refractivity contribution is 9.10. The molecule has 1 unspecified atom stereocenters. The first kappa shape index (κ1) is 14.9. The molecule has 108 valence electrons. The molecule has 0 fully saturated rings. The molecule has 1 heterocycles. The number of rotatable bonds is 4. The number of aliphatic hydroxyl groups is 1. The van der Waals surface area contributed by atoms with E-state index in [2.05, 4.69) is 20.7 Å². The van der Waals surface area contributed by atoms with Crippen molar-refractivity contribution in [1.29, 1.82) is 0 Å². The molecule has 1 N–H and O–H groups in total. The quantitative estimate of drug-likeness (QED) is 0.897. The first-order valence-electron chi connectivity index (χ1n) is 5.61. The van der Waals surface area contributed by atoms with Gasteiger partial charge in [0.1, 0.15) is 5.75 Å². The van der Waals surface area contributed by atoms with E-state index in [1.165, 1.54) is 30.5 Å². The Morgan fingerprint density at radius 1 is 1.20 bits per heavy atom. The molecular weight excluding hydrogens is 341 g/mol. The fourth-order valence-corrected chi connectivity index (χ4v) is 2.21. The molecule has 0 aliphatic carbocycles. The van der Waals surface area contributed by atoms with Gasteiger partial charge in [-0.25, -0.2) is 0 Å². The van der Waals surface area contributed by atoms with Gasteiger partial charge in [-0.1, -0.05) is 12.1 Å². The van der Waals surface area contributed by atoms with Crippen molar-refractivity contribution in [2.45, 2.75) is 18.9 Å². The van der Waals surface area contributed by atoms with Crippen LogP contribution in [0.1, 0.15) is 17.2 Å². The van der Waals surface area contributed by atoms with E-state index in [0.29, 0.717) is 15.8 Å². The van der Waals surface area contributed by atoms with Crippen molar-refractivity contribution in [1.82, 2.24) is 0 Å². The molecule has 0 spiro atoms. The van der Waals surface area contributed by atoms with Crippen LogP contribution >= 0.6 is 15.9 Å². The molecule has 0 saturated heterocycles. The van der Waals surface area contributed by atoms with E-state index in [-0.39, 0.29) is 12.2 Å². The summed E-state index contributed by atoms with van der Waals surface area (Å²) in [5.41, 5.74) is 1.26. The summed E-state index contributed by atoms with van der Waals surface area (Å²) in [6, 6.07) is 6.98. The van der Waals surface area contributed by atoms with Crippen LogP contribution in [0.4, 0.5) is 13.2 Å². The molecular formula is C13H10BrF3O3. The van der Waals surface area contributed by atoms with Crippen LogP contribution in [0.3, 0.4) is 0 Å². The van der Waals surface area contributed by atoms with Gasteiger partial charge in [0.25, 0.3) is 0 Å². The molecule has 0 aliphatic rings. The van der Waals surface area contributed by atoms with Crippen LogP contribution < -0.4 is 4.74 Å². The lowest BCUT2D eigenvalue weighted by Gasteiger charge is -2.11. The number of halogens is 4. The molecule has 0 amide bonds. The van der Waals surface area contributed by atoms with Crippen molar-refractivity contribution in [3.8, 4) is 5.75 Å². The van der Waals surface area contributed by atoms with Gasteiger partial charge in [-0.2, -0.15) is 0 Å². The van der Waals surface area contributed by atoms with Gasteiger partial charge in [-0.05, 0) is 39.7 Å². The van der Waals surface area contributed by atoms with Crippen molar-refractivity contribution >= 4 is 15.9 Å². The summed E-state index contributed by atoms with van der Waals surface area (Å²) in [5.74, 6) is -0.291. The standard InChI is InChI=1S/C13H10BrF3O3/c14-12-10(5-6-19-12)11(18)7-8-1-3-9(4-2-8)20-13(15,16)17/h1-6,11,18H,7H2. The Bertz CT molecular complexity index is 563. The van der Waals surface area contributed by atoms with Crippen molar-refractivity contribution in [3.63, 3.8) is 0 Å². The highest BCUT2D eigenvalue weighted by Crippen LogP contribution is 2.28. The predicted molar refractivity (Wildman–Crippen MR) is 68.2 cm³/mol. The number of hydrogen-bond acceptors (Lipinski definition) is 3. The average molecular weight is 351 g/mol. The summed E-state index contributed by atoms with van der Waals surface area (Å²) in [4.78, 5) is 0. The van der Waals surface area contributed by atoms with Gasteiger partial charge in [0, 0.05) is 12.0 Å². The highest BCUT2D eigenvalue weighted by Gasteiger charge is 2.30. The minimum Gasteiger partial charge on any atom is -0.457 e. The zero-order chi connectivity index (χ0) is 14.8. The molecule has 1 aromatic heterocycles. The molecule has 2 rings (SSSR count). The zero-order valence-electron chi connectivity index (χ0n) is 10.0. The SMILES string of the molecule is OC(Cc1ccc(OC(F)(F)F)cc1)c1ccoc1Br. The molecule has 0 radical (unpaired) electrons.